The largest absolute Gasteiger partial charge is 0.490 e. The van der Waals surface area contributed by atoms with Crippen LogP contribution >= 0.6 is 11.6 Å². The summed E-state index contributed by atoms with van der Waals surface area (Å²) in [4.78, 5) is 0. The van der Waals surface area contributed by atoms with E-state index in [1.165, 1.54) is 0 Å². The molecule has 3 nitrogen and oxygen atoms in total. The van der Waals surface area contributed by atoms with Crippen LogP contribution in [0.4, 0.5) is 5.69 Å². The highest BCUT2D eigenvalue weighted by Gasteiger charge is 2.03. The Morgan fingerprint density at radius 3 is 2.20 bits per heavy atom. The quantitative estimate of drug-likeness (QED) is 0.549. The number of hydrogen-bond donors (Lipinski definition) is 1. The molecule has 3 aromatic carbocycles. The fourth-order valence-electron chi connectivity index (χ4n) is 2.38. The molecule has 0 heterocycles. The standard InChI is InChI=1S/C21H20ClNO2/c22-18-10-12-19(13-11-18)23-16-17-6-4-5-9-21(17)25-15-14-24-20-7-2-1-3-8-20/h1-13,23H,14-16H2. The fraction of sp³-hybridized carbons (Fsp3) is 0.143. The number of nitrogens with one attached hydrogen (secondary N) is 1. The molecular formula is C21H20ClNO2. The average Bonchev–Trinajstić information content (AvgIpc) is 2.66. The van der Waals surface area contributed by atoms with Crippen LogP contribution in [0, 0.1) is 0 Å². The van der Waals surface area contributed by atoms with Gasteiger partial charge in [0.2, 0.25) is 0 Å². The molecule has 0 atom stereocenters. The van der Waals surface area contributed by atoms with Crippen LogP contribution in [0.1, 0.15) is 5.56 Å². The van der Waals surface area contributed by atoms with Gasteiger partial charge in [-0.3, -0.25) is 0 Å². The second-order valence-electron chi connectivity index (χ2n) is 5.48. The first kappa shape index (κ1) is 17.2. The molecule has 0 saturated heterocycles. The van der Waals surface area contributed by atoms with Crippen molar-refractivity contribution < 1.29 is 9.47 Å². The molecule has 3 aromatic rings. The highest BCUT2D eigenvalue weighted by molar-refractivity contribution is 6.30. The van der Waals surface area contributed by atoms with Crippen molar-refractivity contribution in [2.45, 2.75) is 6.54 Å². The fourth-order valence-corrected chi connectivity index (χ4v) is 2.51. The van der Waals surface area contributed by atoms with E-state index in [9.17, 15) is 0 Å². The molecule has 0 fully saturated rings. The third-order valence-electron chi connectivity index (χ3n) is 3.65. The Morgan fingerprint density at radius 2 is 1.40 bits per heavy atom. The first-order valence-corrected chi connectivity index (χ1v) is 8.57. The molecule has 0 radical (unpaired) electrons. The average molecular weight is 354 g/mol. The summed E-state index contributed by atoms with van der Waals surface area (Å²) < 4.78 is 11.5. The molecular weight excluding hydrogens is 334 g/mol. The van der Waals surface area contributed by atoms with Gasteiger partial charge in [0, 0.05) is 22.8 Å². The van der Waals surface area contributed by atoms with Crippen molar-refractivity contribution in [2.75, 3.05) is 18.5 Å². The molecule has 0 aliphatic heterocycles. The van der Waals surface area contributed by atoms with Crippen molar-refractivity contribution in [1.29, 1.82) is 0 Å². The monoisotopic (exact) mass is 353 g/mol. The summed E-state index contributed by atoms with van der Waals surface area (Å²) >= 11 is 5.91. The maximum absolute atomic E-state index is 5.91. The van der Waals surface area contributed by atoms with E-state index in [0.717, 1.165) is 27.8 Å². The summed E-state index contributed by atoms with van der Waals surface area (Å²) in [6, 6.07) is 25.4. The second kappa shape index (κ2) is 9.00. The van der Waals surface area contributed by atoms with Crippen LogP contribution in [-0.4, -0.2) is 13.2 Å². The third-order valence-corrected chi connectivity index (χ3v) is 3.90. The van der Waals surface area contributed by atoms with Gasteiger partial charge in [-0.15, -0.1) is 0 Å². The summed E-state index contributed by atoms with van der Waals surface area (Å²) in [6.07, 6.45) is 0. The van der Waals surface area contributed by atoms with Gasteiger partial charge >= 0.3 is 0 Å². The van der Waals surface area contributed by atoms with Gasteiger partial charge < -0.3 is 14.8 Å². The summed E-state index contributed by atoms with van der Waals surface area (Å²) in [5.74, 6) is 1.71. The highest BCUT2D eigenvalue weighted by atomic mass is 35.5. The van der Waals surface area contributed by atoms with Crippen LogP contribution < -0.4 is 14.8 Å². The molecule has 0 unspecified atom stereocenters. The molecule has 25 heavy (non-hydrogen) atoms. The number of para-hydroxylation sites is 2. The van der Waals surface area contributed by atoms with E-state index in [2.05, 4.69) is 11.4 Å². The summed E-state index contributed by atoms with van der Waals surface area (Å²) in [5.41, 5.74) is 2.11. The Kier molecular flexibility index (Phi) is 6.18. The predicted octanol–water partition coefficient (Wildman–Crippen LogP) is 5.41. The summed E-state index contributed by atoms with van der Waals surface area (Å²) in [7, 11) is 0. The van der Waals surface area contributed by atoms with Crippen molar-refractivity contribution in [2.24, 2.45) is 0 Å². The number of rotatable bonds is 8. The Hall–Kier alpha value is -2.65. The zero-order chi connectivity index (χ0) is 17.3. The SMILES string of the molecule is Clc1ccc(NCc2ccccc2OCCOc2ccccc2)cc1. The normalized spacial score (nSPS) is 10.3. The smallest absolute Gasteiger partial charge is 0.124 e. The molecule has 0 aliphatic carbocycles. The van der Waals surface area contributed by atoms with Gasteiger partial charge in [0.1, 0.15) is 24.7 Å². The van der Waals surface area contributed by atoms with Gasteiger partial charge in [0.05, 0.1) is 0 Å². The lowest BCUT2D eigenvalue weighted by Crippen LogP contribution is -2.10. The molecule has 1 N–H and O–H groups in total. The Balaban J connectivity index is 1.51. The van der Waals surface area contributed by atoms with E-state index in [1.54, 1.807) is 0 Å². The van der Waals surface area contributed by atoms with Crippen LogP contribution in [0.3, 0.4) is 0 Å². The minimum Gasteiger partial charge on any atom is -0.490 e. The van der Waals surface area contributed by atoms with E-state index in [-0.39, 0.29) is 0 Å². The molecule has 0 aliphatic rings. The van der Waals surface area contributed by atoms with Crippen molar-refractivity contribution in [1.82, 2.24) is 0 Å². The number of anilines is 1. The molecule has 0 aromatic heterocycles. The number of ether oxygens (including phenoxy) is 2. The zero-order valence-corrected chi connectivity index (χ0v) is 14.6. The minimum absolute atomic E-state index is 0.493. The maximum atomic E-state index is 5.91. The van der Waals surface area contributed by atoms with E-state index >= 15 is 0 Å². The van der Waals surface area contributed by atoms with Crippen molar-refractivity contribution >= 4 is 17.3 Å². The van der Waals surface area contributed by atoms with Crippen molar-refractivity contribution in [3.8, 4) is 11.5 Å². The summed E-state index contributed by atoms with van der Waals surface area (Å²) in [6.45, 7) is 1.67. The molecule has 3 rings (SSSR count). The van der Waals surface area contributed by atoms with Crippen molar-refractivity contribution in [3.05, 3.63) is 89.4 Å². The molecule has 0 bridgehead atoms. The van der Waals surface area contributed by atoms with E-state index < -0.39 is 0 Å². The van der Waals surface area contributed by atoms with Crippen LogP contribution in [0.25, 0.3) is 0 Å². The van der Waals surface area contributed by atoms with Gasteiger partial charge in [-0.1, -0.05) is 48.0 Å². The lowest BCUT2D eigenvalue weighted by molar-refractivity contribution is 0.216. The molecule has 0 saturated carbocycles. The van der Waals surface area contributed by atoms with Crippen LogP contribution in [0.15, 0.2) is 78.9 Å². The zero-order valence-electron chi connectivity index (χ0n) is 13.8. The van der Waals surface area contributed by atoms with E-state index in [1.807, 2.05) is 72.8 Å². The third kappa shape index (κ3) is 5.44. The molecule has 4 heteroatoms. The molecule has 0 amide bonds. The molecule has 128 valence electrons. The Bertz CT molecular complexity index is 775. The van der Waals surface area contributed by atoms with Crippen LogP contribution in [0.2, 0.25) is 5.02 Å². The van der Waals surface area contributed by atoms with Gasteiger partial charge in [-0.2, -0.15) is 0 Å². The lowest BCUT2D eigenvalue weighted by Gasteiger charge is -2.13. The first-order chi connectivity index (χ1) is 12.3. The lowest BCUT2D eigenvalue weighted by atomic mass is 10.2. The van der Waals surface area contributed by atoms with Gasteiger partial charge in [0.15, 0.2) is 0 Å². The first-order valence-electron chi connectivity index (χ1n) is 8.19. The summed E-state index contributed by atoms with van der Waals surface area (Å²) in [5, 5.41) is 4.10. The molecule has 0 spiro atoms. The van der Waals surface area contributed by atoms with E-state index in [0.29, 0.717) is 19.8 Å². The van der Waals surface area contributed by atoms with Crippen LogP contribution in [-0.2, 0) is 6.54 Å². The Morgan fingerprint density at radius 1 is 0.720 bits per heavy atom. The maximum Gasteiger partial charge on any atom is 0.124 e. The number of hydrogen-bond acceptors (Lipinski definition) is 3. The van der Waals surface area contributed by atoms with Gasteiger partial charge in [-0.05, 0) is 42.5 Å². The second-order valence-corrected chi connectivity index (χ2v) is 5.91. The number of halogens is 1. The minimum atomic E-state index is 0.493. The Labute approximate surface area is 153 Å². The van der Waals surface area contributed by atoms with Crippen molar-refractivity contribution in [3.63, 3.8) is 0 Å². The predicted molar refractivity (Wildman–Crippen MR) is 103 cm³/mol. The van der Waals surface area contributed by atoms with E-state index in [4.69, 9.17) is 21.1 Å². The topological polar surface area (TPSA) is 30.5 Å². The van der Waals surface area contributed by atoms with Gasteiger partial charge in [-0.25, -0.2) is 0 Å². The van der Waals surface area contributed by atoms with Gasteiger partial charge in [0.25, 0.3) is 0 Å². The number of benzene rings is 3. The van der Waals surface area contributed by atoms with Crippen LogP contribution in [0.5, 0.6) is 11.5 Å². The highest BCUT2D eigenvalue weighted by Crippen LogP contribution is 2.20.